The third kappa shape index (κ3) is 1.96. The molecule has 12 heavy (non-hydrogen) atoms. The smallest absolute Gasteiger partial charge is 0.129 e. The molecule has 1 aliphatic heterocycles. The van der Waals surface area contributed by atoms with Crippen molar-refractivity contribution in [3.05, 3.63) is 0 Å². The molecule has 0 amide bonds. The first-order chi connectivity index (χ1) is 5.52. The Morgan fingerprint density at radius 2 is 2.00 bits per heavy atom. The zero-order chi connectivity index (χ0) is 9.30. The van der Waals surface area contributed by atoms with Crippen molar-refractivity contribution in [2.45, 2.75) is 32.1 Å². The van der Waals surface area contributed by atoms with E-state index in [1.807, 2.05) is 19.0 Å². The first kappa shape index (κ1) is 9.93. The Balaban J connectivity index is 2.51. The van der Waals surface area contributed by atoms with E-state index in [2.05, 4.69) is 18.7 Å². The van der Waals surface area contributed by atoms with E-state index in [1.54, 1.807) is 0 Å². The van der Waals surface area contributed by atoms with Gasteiger partial charge in [0.05, 0.1) is 6.04 Å². The number of alkyl halides is 1. The molecule has 1 saturated heterocycles. The fourth-order valence-corrected chi connectivity index (χ4v) is 1.69. The minimum absolute atomic E-state index is 0.0926. The largest absolute Gasteiger partial charge is 0.302 e. The molecule has 0 saturated carbocycles. The molecule has 0 bridgehead atoms. The van der Waals surface area contributed by atoms with Gasteiger partial charge in [-0.3, -0.25) is 4.90 Å². The topological polar surface area (TPSA) is 6.48 Å². The Morgan fingerprint density at radius 1 is 1.42 bits per heavy atom. The second kappa shape index (κ2) is 3.71. The fourth-order valence-electron chi connectivity index (χ4n) is 1.69. The van der Waals surface area contributed by atoms with E-state index in [9.17, 15) is 4.39 Å². The molecule has 0 aromatic rings. The highest BCUT2D eigenvalue weighted by atomic mass is 19.1. The van der Waals surface area contributed by atoms with Crippen LogP contribution in [0.15, 0.2) is 0 Å². The Bertz CT molecular complexity index is 149. The van der Waals surface area contributed by atoms with Crippen molar-refractivity contribution in [3.8, 4) is 0 Å². The molecule has 2 atom stereocenters. The molecule has 2 unspecified atom stereocenters. The average molecular weight is 174 g/mol. The maximum Gasteiger partial charge on any atom is 0.129 e. The van der Waals surface area contributed by atoms with Gasteiger partial charge in [-0.2, -0.15) is 0 Å². The van der Waals surface area contributed by atoms with E-state index in [4.69, 9.17) is 0 Å². The van der Waals surface area contributed by atoms with Gasteiger partial charge in [0, 0.05) is 19.1 Å². The molecule has 0 N–H and O–H groups in total. The molecule has 3 heteroatoms. The predicted octanol–water partition coefficient (Wildman–Crippen LogP) is 0.979. The fraction of sp³-hybridized carbons (Fsp3) is 1.00. The van der Waals surface area contributed by atoms with Crippen LogP contribution in [-0.2, 0) is 0 Å². The summed E-state index contributed by atoms with van der Waals surface area (Å²) >= 11 is 0. The van der Waals surface area contributed by atoms with Crippen LogP contribution in [0.4, 0.5) is 4.39 Å². The zero-order valence-electron chi connectivity index (χ0n) is 8.42. The molecule has 1 rings (SSSR count). The first-order valence-corrected chi connectivity index (χ1v) is 4.57. The van der Waals surface area contributed by atoms with Crippen LogP contribution >= 0.6 is 0 Å². The SMILES string of the molecule is CC(C)N(C)C1CN(C)CC1F. The number of halogens is 1. The van der Waals surface area contributed by atoms with Gasteiger partial charge >= 0.3 is 0 Å². The lowest BCUT2D eigenvalue weighted by molar-refractivity contribution is 0.142. The van der Waals surface area contributed by atoms with Crippen molar-refractivity contribution in [1.29, 1.82) is 0 Å². The molecular weight excluding hydrogens is 155 g/mol. The van der Waals surface area contributed by atoms with Crippen LogP contribution in [0.5, 0.6) is 0 Å². The van der Waals surface area contributed by atoms with Crippen LogP contribution in [-0.4, -0.2) is 55.2 Å². The summed E-state index contributed by atoms with van der Waals surface area (Å²) in [5, 5.41) is 0. The van der Waals surface area contributed by atoms with Gasteiger partial charge in [-0.15, -0.1) is 0 Å². The third-order valence-corrected chi connectivity index (χ3v) is 2.74. The molecule has 1 aliphatic rings. The summed E-state index contributed by atoms with van der Waals surface area (Å²) in [7, 11) is 3.97. The first-order valence-electron chi connectivity index (χ1n) is 4.57. The summed E-state index contributed by atoms with van der Waals surface area (Å²) in [6, 6.07) is 0.523. The number of likely N-dealkylation sites (tertiary alicyclic amines) is 1. The van der Waals surface area contributed by atoms with E-state index < -0.39 is 6.17 Å². The normalized spacial score (nSPS) is 32.2. The summed E-state index contributed by atoms with van der Waals surface area (Å²) in [6.45, 7) is 5.65. The number of likely N-dealkylation sites (N-methyl/N-ethyl adjacent to an activating group) is 2. The Kier molecular flexibility index (Phi) is 3.07. The van der Waals surface area contributed by atoms with E-state index in [0.717, 1.165) is 6.54 Å². The molecule has 1 heterocycles. The van der Waals surface area contributed by atoms with Crippen molar-refractivity contribution < 1.29 is 4.39 Å². The van der Waals surface area contributed by atoms with Crippen molar-refractivity contribution in [2.75, 3.05) is 27.2 Å². The van der Waals surface area contributed by atoms with Gasteiger partial charge < -0.3 is 4.90 Å². The molecule has 2 nitrogen and oxygen atoms in total. The molecule has 0 aliphatic carbocycles. The van der Waals surface area contributed by atoms with Crippen LogP contribution in [0.2, 0.25) is 0 Å². The monoisotopic (exact) mass is 174 g/mol. The predicted molar refractivity (Wildman–Crippen MR) is 49.1 cm³/mol. The van der Waals surface area contributed by atoms with Crippen molar-refractivity contribution in [3.63, 3.8) is 0 Å². The number of hydrogen-bond donors (Lipinski definition) is 0. The van der Waals surface area contributed by atoms with Gasteiger partial charge in [0.2, 0.25) is 0 Å². The Hall–Kier alpha value is -0.150. The maximum absolute atomic E-state index is 13.4. The van der Waals surface area contributed by atoms with Crippen molar-refractivity contribution >= 4 is 0 Å². The molecule has 0 aromatic heterocycles. The summed E-state index contributed by atoms with van der Waals surface area (Å²) in [4.78, 5) is 4.17. The van der Waals surface area contributed by atoms with Gasteiger partial charge in [-0.05, 0) is 27.9 Å². The minimum atomic E-state index is -0.678. The van der Waals surface area contributed by atoms with Crippen molar-refractivity contribution in [2.24, 2.45) is 0 Å². The van der Waals surface area contributed by atoms with Gasteiger partial charge in [-0.1, -0.05) is 0 Å². The second-order valence-electron chi connectivity index (χ2n) is 4.06. The highest BCUT2D eigenvalue weighted by Gasteiger charge is 2.34. The second-order valence-corrected chi connectivity index (χ2v) is 4.06. The van der Waals surface area contributed by atoms with Gasteiger partial charge in [0.25, 0.3) is 0 Å². The molecule has 0 radical (unpaired) electrons. The number of nitrogens with zero attached hydrogens (tertiary/aromatic N) is 2. The number of rotatable bonds is 2. The van der Waals surface area contributed by atoms with Crippen molar-refractivity contribution in [1.82, 2.24) is 9.80 Å². The molecule has 0 spiro atoms. The highest BCUT2D eigenvalue weighted by molar-refractivity contribution is 4.89. The Morgan fingerprint density at radius 3 is 2.33 bits per heavy atom. The average Bonchev–Trinajstić information content (AvgIpc) is 2.28. The van der Waals surface area contributed by atoms with E-state index >= 15 is 0 Å². The molecule has 1 fully saturated rings. The summed E-state index contributed by atoms with van der Waals surface area (Å²) in [6.07, 6.45) is -0.678. The molecule has 72 valence electrons. The van der Waals surface area contributed by atoms with Gasteiger partial charge in [0.15, 0.2) is 0 Å². The summed E-state index contributed by atoms with van der Waals surface area (Å²) in [5.41, 5.74) is 0. The maximum atomic E-state index is 13.4. The summed E-state index contributed by atoms with van der Waals surface area (Å²) in [5.74, 6) is 0. The van der Waals surface area contributed by atoms with E-state index in [1.165, 1.54) is 0 Å². The van der Waals surface area contributed by atoms with Crippen LogP contribution in [0.1, 0.15) is 13.8 Å². The van der Waals surface area contributed by atoms with Crippen LogP contribution in [0, 0.1) is 0 Å². The standard InChI is InChI=1S/C9H19FN2/c1-7(2)12(4)9-6-11(3)5-8(9)10/h7-9H,5-6H2,1-4H3. The Labute approximate surface area is 74.3 Å². The lowest BCUT2D eigenvalue weighted by Crippen LogP contribution is -2.42. The van der Waals surface area contributed by atoms with Crippen LogP contribution < -0.4 is 0 Å². The van der Waals surface area contributed by atoms with Crippen LogP contribution in [0.3, 0.4) is 0 Å². The quantitative estimate of drug-likeness (QED) is 0.615. The lowest BCUT2D eigenvalue weighted by atomic mass is 10.2. The van der Waals surface area contributed by atoms with E-state index in [0.29, 0.717) is 12.6 Å². The highest BCUT2D eigenvalue weighted by Crippen LogP contribution is 2.18. The number of hydrogen-bond acceptors (Lipinski definition) is 2. The van der Waals surface area contributed by atoms with Crippen LogP contribution in [0.25, 0.3) is 0 Å². The zero-order valence-corrected chi connectivity index (χ0v) is 8.42. The summed E-state index contributed by atoms with van der Waals surface area (Å²) < 4.78 is 13.4. The minimum Gasteiger partial charge on any atom is -0.302 e. The van der Waals surface area contributed by atoms with Gasteiger partial charge in [-0.25, -0.2) is 4.39 Å². The van der Waals surface area contributed by atoms with E-state index in [-0.39, 0.29) is 6.04 Å². The molecule has 0 aromatic carbocycles. The third-order valence-electron chi connectivity index (χ3n) is 2.74. The van der Waals surface area contributed by atoms with Gasteiger partial charge in [0.1, 0.15) is 6.17 Å². The molecular formula is C9H19FN2. The lowest BCUT2D eigenvalue weighted by Gasteiger charge is -2.29.